The minimum atomic E-state index is -0.505. The number of nitrogens with two attached hydrogens (primary N) is 1. The van der Waals surface area contributed by atoms with E-state index >= 15 is 0 Å². The quantitative estimate of drug-likeness (QED) is 0.784. The van der Waals surface area contributed by atoms with Crippen LogP contribution in [0.1, 0.15) is 32.4 Å². The highest BCUT2D eigenvalue weighted by atomic mass is 35.5. The fourth-order valence-corrected chi connectivity index (χ4v) is 1.49. The minimum absolute atomic E-state index is 0. The van der Waals surface area contributed by atoms with Crippen molar-refractivity contribution in [3.05, 3.63) is 29.8 Å². The first-order valence-electron chi connectivity index (χ1n) is 5.76. The Kier molecular flexibility index (Phi) is 6.73. The summed E-state index contributed by atoms with van der Waals surface area (Å²) in [5.41, 5.74) is 6.61. The summed E-state index contributed by atoms with van der Waals surface area (Å²) in [4.78, 5) is 11.8. The Hall–Kier alpha value is -1.26. The molecule has 1 unspecified atom stereocenters. The van der Waals surface area contributed by atoms with E-state index in [1.54, 1.807) is 18.2 Å². The molecule has 1 aromatic rings. The lowest BCUT2D eigenvalue weighted by Gasteiger charge is -2.20. The van der Waals surface area contributed by atoms with Crippen molar-refractivity contribution in [2.75, 3.05) is 0 Å². The number of halogens is 1. The second-order valence-corrected chi connectivity index (χ2v) is 4.60. The van der Waals surface area contributed by atoms with Crippen molar-refractivity contribution in [1.29, 1.82) is 0 Å². The molecule has 0 fully saturated rings. The Bertz CT molecular complexity index is 396. The van der Waals surface area contributed by atoms with E-state index in [9.17, 15) is 9.90 Å². The van der Waals surface area contributed by atoms with Gasteiger partial charge in [-0.1, -0.05) is 26.0 Å². The van der Waals surface area contributed by atoms with E-state index in [-0.39, 0.29) is 36.0 Å². The maximum absolute atomic E-state index is 11.8. The highest BCUT2D eigenvalue weighted by molar-refractivity contribution is 5.85. The van der Waals surface area contributed by atoms with Gasteiger partial charge in [-0.05, 0) is 30.5 Å². The molecule has 1 aromatic carbocycles. The molecule has 0 aliphatic rings. The summed E-state index contributed by atoms with van der Waals surface area (Å²) >= 11 is 0. The number of nitrogens with one attached hydrogen (secondary N) is 1. The van der Waals surface area contributed by atoms with Crippen LogP contribution >= 0.6 is 12.4 Å². The molecular formula is C13H21ClN2O2. The first kappa shape index (κ1) is 16.7. The molecule has 2 atom stereocenters. The molecule has 5 heteroatoms. The standard InChI is InChI=1S/C13H20N2O2.ClH/c1-8(2)12(14)13(17)15-9(3)10-5-4-6-11(16)7-10;/h4-9,12,16H,14H2,1-3H3,(H,15,17);1H/t9?,12-;/m0./s1. The molecule has 1 amide bonds. The van der Waals surface area contributed by atoms with Gasteiger partial charge < -0.3 is 16.2 Å². The topological polar surface area (TPSA) is 75.4 Å². The molecule has 0 aliphatic carbocycles. The molecule has 0 aromatic heterocycles. The zero-order chi connectivity index (χ0) is 13.0. The molecule has 0 heterocycles. The average Bonchev–Trinajstić information content (AvgIpc) is 2.27. The van der Waals surface area contributed by atoms with Crippen molar-refractivity contribution in [2.45, 2.75) is 32.9 Å². The number of carbonyl (C=O) groups excluding carboxylic acids is 1. The predicted molar refractivity (Wildman–Crippen MR) is 74.7 cm³/mol. The summed E-state index contributed by atoms with van der Waals surface area (Å²) in [7, 11) is 0. The van der Waals surface area contributed by atoms with Crippen LogP contribution in [-0.2, 0) is 4.79 Å². The van der Waals surface area contributed by atoms with E-state index < -0.39 is 6.04 Å². The minimum Gasteiger partial charge on any atom is -0.508 e. The first-order chi connectivity index (χ1) is 7.91. The van der Waals surface area contributed by atoms with Crippen molar-refractivity contribution in [3.63, 3.8) is 0 Å². The highest BCUT2D eigenvalue weighted by Crippen LogP contribution is 2.17. The molecule has 18 heavy (non-hydrogen) atoms. The van der Waals surface area contributed by atoms with Crippen LogP contribution in [0.25, 0.3) is 0 Å². The van der Waals surface area contributed by atoms with Gasteiger partial charge in [-0.2, -0.15) is 0 Å². The Labute approximate surface area is 114 Å². The van der Waals surface area contributed by atoms with Crippen LogP contribution in [0.2, 0.25) is 0 Å². The maximum Gasteiger partial charge on any atom is 0.237 e. The number of phenols is 1. The van der Waals surface area contributed by atoms with Crippen molar-refractivity contribution >= 4 is 18.3 Å². The predicted octanol–water partition coefficient (Wildman–Crippen LogP) is 1.97. The third kappa shape index (κ3) is 4.55. The van der Waals surface area contributed by atoms with E-state index in [0.29, 0.717) is 0 Å². The van der Waals surface area contributed by atoms with Gasteiger partial charge in [0.2, 0.25) is 5.91 Å². The van der Waals surface area contributed by atoms with Crippen LogP contribution < -0.4 is 11.1 Å². The molecule has 0 bridgehead atoms. The van der Waals surface area contributed by atoms with Crippen LogP contribution in [0.3, 0.4) is 0 Å². The molecule has 102 valence electrons. The van der Waals surface area contributed by atoms with Gasteiger partial charge >= 0.3 is 0 Å². The summed E-state index contributed by atoms with van der Waals surface area (Å²) in [5.74, 6) is 0.124. The molecule has 0 saturated carbocycles. The zero-order valence-electron chi connectivity index (χ0n) is 10.9. The van der Waals surface area contributed by atoms with Gasteiger partial charge in [0, 0.05) is 0 Å². The number of rotatable bonds is 4. The van der Waals surface area contributed by atoms with Gasteiger partial charge in [-0.15, -0.1) is 12.4 Å². The Balaban J connectivity index is 0.00000289. The first-order valence-corrected chi connectivity index (χ1v) is 5.76. The van der Waals surface area contributed by atoms with Crippen LogP contribution in [0, 0.1) is 5.92 Å². The van der Waals surface area contributed by atoms with E-state index in [2.05, 4.69) is 5.32 Å². The SMILES string of the molecule is CC(NC(=O)[C@@H](N)C(C)C)c1cccc(O)c1.Cl. The number of aromatic hydroxyl groups is 1. The third-order valence-corrected chi connectivity index (χ3v) is 2.75. The average molecular weight is 273 g/mol. The van der Waals surface area contributed by atoms with Gasteiger partial charge in [-0.3, -0.25) is 4.79 Å². The molecule has 4 N–H and O–H groups in total. The Morgan fingerprint density at radius 1 is 1.33 bits per heavy atom. The number of benzene rings is 1. The number of hydrogen-bond donors (Lipinski definition) is 3. The molecule has 0 radical (unpaired) electrons. The smallest absolute Gasteiger partial charge is 0.237 e. The normalized spacial score (nSPS) is 13.6. The number of amides is 1. The lowest BCUT2D eigenvalue weighted by Crippen LogP contribution is -2.44. The van der Waals surface area contributed by atoms with E-state index in [1.807, 2.05) is 26.8 Å². The fraction of sp³-hybridized carbons (Fsp3) is 0.462. The summed E-state index contributed by atoms with van der Waals surface area (Å²) in [6.45, 7) is 5.67. The zero-order valence-corrected chi connectivity index (χ0v) is 11.7. The number of carbonyl (C=O) groups is 1. The monoisotopic (exact) mass is 272 g/mol. The fourth-order valence-electron chi connectivity index (χ4n) is 1.49. The van der Waals surface area contributed by atoms with E-state index in [4.69, 9.17) is 5.73 Å². The highest BCUT2D eigenvalue weighted by Gasteiger charge is 2.19. The summed E-state index contributed by atoms with van der Waals surface area (Å²) in [5, 5.41) is 12.2. The molecule has 4 nitrogen and oxygen atoms in total. The molecular weight excluding hydrogens is 252 g/mol. The third-order valence-electron chi connectivity index (χ3n) is 2.75. The van der Waals surface area contributed by atoms with Crippen LogP contribution in [-0.4, -0.2) is 17.1 Å². The van der Waals surface area contributed by atoms with Gasteiger partial charge in [-0.25, -0.2) is 0 Å². The lowest BCUT2D eigenvalue weighted by atomic mass is 10.0. The number of hydrogen-bond acceptors (Lipinski definition) is 3. The van der Waals surface area contributed by atoms with Crippen molar-refractivity contribution in [1.82, 2.24) is 5.32 Å². The van der Waals surface area contributed by atoms with Crippen LogP contribution in [0.15, 0.2) is 24.3 Å². The van der Waals surface area contributed by atoms with E-state index in [1.165, 1.54) is 0 Å². The van der Waals surface area contributed by atoms with Crippen molar-refractivity contribution in [3.8, 4) is 5.75 Å². The summed E-state index contributed by atoms with van der Waals surface area (Å²) in [6.07, 6.45) is 0. The molecule has 0 spiro atoms. The van der Waals surface area contributed by atoms with Crippen molar-refractivity contribution in [2.24, 2.45) is 11.7 Å². The Morgan fingerprint density at radius 2 is 1.94 bits per heavy atom. The van der Waals surface area contributed by atoms with Gasteiger partial charge in [0.1, 0.15) is 5.75 Å². The second-order valence-electron chi connectivity index (χ2n) is 4.60. The molecule has 0 saturated heterocycles. The largest absolute Gasteiger partial charge is 0.508 e. The van der Waals surface area contributed by atoms with Crippen molar-refractivity contribution < 1.29 is 9.90 Å². The summed E-state index contributed by atoms with van der Waals surface area (Å²) < 4.78 is 0. The van der Waals surface area contributed by atoms with E-state index in [0.717, 1.165) is 5.56 Å². The van der Waals surface area contributed by atoms with Gasteiger partial charge in [0.25, 0.3) is 0 Å². The second kappa shape index (κ2) is 7.24. The van der Waals surface area contributed by atoms with Crippen LogP contribution in [0.5, 0.6) is 5.75 Å². The summed E-state index contributed by atoms with van der Waals surface area (Å²) in [6, 6.07) is 6.15. The Morgan fingerprint density at radius 3 is 2.44 bits per heavy atom. The maximum atomic E-state index is 11.8. The lowest BCUT2D eigenvalue weighted by molar-refractivity contribution is -0.123. The number of phenolic OH excluding ortho intramolecular Hbond substituents is 1. The van der Waals surface area contributed by atoms with Crippen LogP contribution in [0.4, 0.5) is 0 Å². The molecule has 1 rings (SSSR count). The van der Waals surface area contributed by atoms with Gasteiger partial charge in [0.05, 0.1) is 12.1 Å². The molecule has 0 aliphatic heterocycles. The van der Waals surface area contributed by atoms with Gasteiger partial charge in [0.15, 0.2) is 0 Å².